The maximum Gasteiger partial charge on any atom is 0.271 e. The first-order valence-electron chi connectivity index (χ1n) is 29.7. The van der Waals surface area contributed by atoms with Crippen LogP contribution in [0.25, 0.3) is 62.7 Å². The van der Waals surface area contributed by atoms with Gasteiger partial charge in [-0.05, 0) is 78.6 Å². The second kappa shape index (κ2) is 24.3. The minimum atomic E-state index is -0.416. The standard InChI is InChI=1S/C69H81NO4S4/c1-10-17-20-21-28-39-70-66(71)59-58-63(77-64(59)67(70)72)62(78-65(58)69(9,16-7)47-33-26-23-27-34-47)54-42-50-56(52-37-35-48(73-52)40-44(13-4)29-18-11-2)61-51(43-55(76-61)68(8,15-6)46-31-24-22-25-32-46)57(60(50)75-54)53-38-36-49(74-53)41-45(14-5)30-19-12-3/h22-27,31-38,42-45H,10-21,28-30,39-41H2,1-9H3. The van der Waals surface area contributed by atoms with E-state index in [1.165, 1.54) is 82.4 Å². The lowest BCUT2D eigenvalue weighted by atomic mass is 9.77. The summed E-state index contributed by atoms with van der Waals surface area (Å²) in [6.45, 7) is 21.2. The number of fused-ring (bicyclic) bond motifs is 5. The molecule has 0 aliphatic carbocycles. The van der Waals surface area contributed by atoms with E-state index in [-0.39, 0.29) is 17.2 Å². The van der Waals surface area contributed by atoms with Gasteiger partial charge in [0.15, 0.2) is 0 Å². The first-order valence-corrected chi connectivity index (χ1v) is 33.0. The number of thiophene rings is 4. The molecule has 78 heavy (non-hydrogen) atoms. The minimum absolute atomic E-state index is 0.136. The highest BCUT2D eigenvalue weighted by Gasteiger charge is 2.44. The molecule has 0 spiro atoms. The molecule has 2 amide bonds. The number of carbonyl (C=O) groups is 2. The van der Waals surface area contributed by atoms with E-state index in [0.717, 1.165) is 133 Å². The summed E-state index contributed by atoms with van der Waals surface area (Å²) in [5, 5.41) is 3.30. The van der Waals surface area contributed by atoms with Gasteiger partial charge in [-0.2, -0.15) is 0 Å². The highest BCUT2D eigenvalue weighted by molar-refractivity contribution is 7.32. The largest absolute Gasteiger partial charge is 0.461 e. The van der Waals surface area contributed by atoms with Crippen LogP contribution < -0.4 is 0 Å². The quantitative estimate of drug-likeness (QED) is 0.0380. The van der Waals surface area contributed by atoms with Crippen molar-refractivity contribution in [2.45, 2.75) is 182 Å². The molecule has 1 aliphatic heterocycles. The molecule has 4 unspecified atom stereocenters. The highest BCUT2D eigenvalue weighted by atomic mass is 32.1. The molecule has 0 saturated carbocycles. The number of benzene rings is 3. The molecule has 5 nitrogen and oxygen atoms in total. The number of furan rings is 2. The molecule has 4 atom stereocenters. The zero-order valence-corrected chi connectivity index (χ0v) is 51.1. The Morgan fingerprint density at radius 3 is 1.60 bits per heavy atom. The number of unbranched alkanes of at least 4 members (excludes halogenated alkanes) is 6. The van der Waals surface area contributed by atoms with Crippen LogP contribution in [0.4, 0.5) is 0 Å². The molecular formula is C69H81NO4S4. The highest BCUT2D eigenvalue weighted by Crippen LogP contribution is 2.58. The fourth-order valence-corrected chi connectivity index (χ4v) is 18.1. The Balaban J connectivity index is 1.23. The van der Waals surface area contributed by atoms with E-state index in [1.807, 2.05) is 34.0 Å². The summed E-state index contributed by atoms with van der Waals surface area (Å²) in [5.74, 6) is 4.73. The molecule has 10 rings (SSSR count). The van der Waals surface area contributed by atoms with Crippen molar-refractivity contribution in [3.63, 3.8) is 0 Å². The monoisotopic (exact) mass is 1120 g/mol. The van der Waals surface area contributed by atoms with E-state index in [0.29, 0.717) is 28.8 Å². The Hall–Kier alpha value is -5.06. The van der Waals surface area contributed by atoms with Crippen molar-refractivity contribution in [3.8, 4) is 32.4 Å². The van der Waals surface area contributed by atoms with Gasteiger partial charge in [-0.15, -0.1) is 45.3 Å². The Morgan fingerprint density at radius 2 is 1.05 bits per heavy atom. The maximum atomic E-state index is 14.9. The van der Waals surface area contributed by atoms with E-state index >= 15 is 0 Å². The molecule has 3 aromatic carbocycles. The zero-order chi connectivity index (χ0) is 54.7. The van der Waals surface area contributed by atoms with Crippen molar-refractivity contribution in [1.29, 1.82) is 0 Å². The molecule has 0 fully saturated rings. The predicted octanol–water partition coefficient (Wildman–Crippen LogP) is 22.1. The molecular weight excluding hydrogens is 1040 g/mol. The average Bonchev–Trinajstić information content (AvgIpc) is 4.53. The number of carbonyl (C=O) groups excluding carboxylic acids is 2. The van der Waals surface area contributed by atoms with Crippen LogP contribution >= 0.6 is 45.3 Å². The fourth-order valence-electron chi connectivity index (χ4n) is 12.3. The van der Waals surface area contributed by atoms with Gasteiger partial charge in [0.2, 0.25) is 0 Å². The molecule has 1 aliphatic rings. The second-order valence-corrected chi connectivity index (χ2v) is 26.9. The van der Waals surface area contributed by atoms with Gasteiger partial charge in [0.25, 0.3) is 11.8 Å². The third kappa shape index (κ3) is 10.5. The Kier molecular flexibility index (Phi) is 17.6. The summed E-state index contributed by atoms with van der Waals surface area (Å²) in [4.78, 5) is 36.3. The second-order valence-electron chi connectivity index (χ2n) is 22.8. The van der Waals surface area contributed by atoms with E-state index in [2.05, 4.69) is 159 Å². The predicted molar refractivity (Wildman–Crippen MR) is 336 cm³/mol. The van der Waals surface area contributed by atoms with Crippen molar-refractivity contribution in [2.75, 3.05) is 6.54 Å². The zero-order valence-electron chi connectivity index (χ0n) is 47.8. The number of hydrogen-bond donors (Lipinski definition) is 0. The van der Waals surface area contributed by atoms with Crippen molar-refractivity contribution < 1.29 is 18.4 Å². The summed E-state index contributed by atoms with van der Waals surface area (Å²) in [6.07, 6.45) is 18.4. The SMILES string of the molecule is CCCCCCCN1C(=O)c2sc3c(-c4cc5c(-c6ccc(CC(CC)CCCC)o6)c6sc(C(C)(CC)c7ccccc7)cc6c(-c6ccc(CC(CC)CCCC)o6)c5s4)sc(C(C)(CC)c4ccccc4)c3c2C1=O. The van der Waals surface area contributed by atoms with Crippen LogP contribution in [0.15, 0.2) is 106 Å². The van der Waals surface area contributed by atoms with Crippen LogP contribution in [0, 0.1) is 11.8 Å². The summed E-state index contributed by atoms with van der Waals surface area (Å²) < 4.78 is 17.8. The summed E-state index contributed by atoms with van der Waals surface area (Å²) >= 11 is 7.09. The molecule has 0 saturated heterocycles. The fraction of sp³-hybridized carbons (Fsp3) is 0.449. The van der Waals surface area contributed by atoms with Gasteiger partial charge in [-0.25, -0.2) is 0 Å². The van der Waals surface area contributed by atoms with Gasteiger partial charge >= 0.3 is 0 Å². The molecule has 9 aromatic rings. The van der Waals surface area contributed by atoms with Gasteiger partial charge in [-0.3, -0.25) is 14.5 Å². The van der Waals surface area contributed by atoms with Crippen LogP contribution in [0.5, 0.6) is 0 Å². The van der Waals surface area contributed by atoms with Gasteiger partial charge in [-0.1, -0.05) is 200 Å². The Bertz CT molecular complexity index is 3400. The van der Waals surface area contributed by atoms with Crippen LogP contribution in [-0.2, 0) is 23.7 Å². The lowest BCUT2D eigenvalue weighted by Crippen LogP contribution is -2.31. The van der Waals surface area contributed by atoms with Gasteiger partial charge in [0.05, 0.1) is 15.1 Å². The normalized spacial score (nSPS) is 15.3. The first-order chi connectivity index (χ1) is 37.9. The summed E-state index contributed by atoms with van der Waals surface area (Å²) in [5.41, 5.74) is 4.73. The number of hydrogen-bond acceptors (Lipinski definition) is 8. The molecule has 0 radical (unpaired) electrons. The molecule has 7 heterocycles. The van der Waals surface area contributed by atoms with Gasteiger partial charge in [0.1, 0.15) is 27.9 Å². The molecule has 6 aromatic heterocycles. The van der Waals surface area contributed by atoms with Crippen LogP contribution in [0.2, 0.25) is 0 Å². The molecule has 410 valence electrons. The number of imide groups is 1. The van der Waals surface area contributed by atoms with Crippen molar-refractivity contribution in [3.05, 3.63) is 140 Å². The Labute approximate surface area is 480 Å². The molecule has 9 heteroatoms. The number of nitrogens with zero attached hydrogens (tertiary/aromatic N) is 1. The summed E-state index contributed by atoms with van der Waals surface area (Å²) in [6, 6.07) is 35.7. The first kappa shape index (κ1) is 56.2. The smallest absolute Gasteiger partial charge is 0.271 e. The van der Waals surface area contributed by atoms with Crippen LogP contribution in [-0.4, -0.2) is 23.3 Å². The van der Waals surface area contributed by atoms with Crippen molar-refractivity contribution in [2.24, 2.45) is 11.8 Å². The van der Waals surface area contributed by atoms with E-state index in [9.17, 15) is 9.59 Å². The van der Waals surface area contributed by atoms with E-state index < -0.39 is 5.41 Å². The number of amides is 2. The lowest BCUT2D eigenvalue weighted by molar-refractivity contribution is 0.0653. The molecule has 0 N–H and O–H groups in total. The molecule has 0 bridgehead atoms. The minimum Gasteiger partial charge on any atom is -0.461 e. The maximum absolute atomic E-state index is 14.9. The van der Waals surface area contributed by atoms with E-state index in [4.69, 9.17) is 8.83 Å². The van der Waals surface area contributed by atoms with Gasteiger partial charge in [0, 0.05) is 81.5 Å². The lowest BCUT2D eigenvalue weighted by Gasteiger charge is -2.28. The van der Waals surface area contributed by atoms with Crippen molar-refractivity contribution >= 4 is 87.4 Å². The summed E-state index contributed by atoms with van der Waals surface area (Å²) in [7, 11) is 0. The third-order valence-electron chi connectivity index (χ3n) is 17.8. The van der Waals surface area contributed by atoms with Crippen LogP contribution in [0.3, 0.4) is 0 Å². The average molecular weight is 1120 g/mol. The Morgan fingerprint density at radius 1 is 0.513 bits per heavy atom. The third-order valence-corrected chi connectivity index (χ3v) is 23.3. The van der Waals surface area contributed by atoms with Crippen molar-refractivity contribution in [1.82, 2.24) is 4.90 Å². The number of rotatable bonds is 27. The topological polar surface area (TPSA) is 63.7 Å². The van der Waals surface area contributed by atoms with Crippen LogP contribution in [0.1, 0.15) is 211 Å². The van der Waals surface area contributed by atoms with E-state index in [1.54, 1.807) is 4.90 Å². The van der Waals surface area contributed by atoms with Gasteiger partial charge < -0.3 is 8.83 Å².